The normalized spacial score (nSPS) is 10.3. The Balaban J connectivity index is 1.94. The van der Waals surface area contributed by atoms with Crippen LogP contribution in [0.4, 0.5) is 5.69 Å². The highest BCUT2D eigenvalue weighted by Gasteiger charge is 2.10. The van der Waals surface area contributed by atoms with Gasteiger partial charge in [-0.25, -0.2) is 4.98 Å². The van der Waals surface area contributed by atoms with Gasteiger partial charge in [0.25, 0.3) is 0 Å². The van der Waals surface area contributed by atoms with Gasteiger partial charge in [0.2, 0.25) is 5.91 Å². The quantitative estimate of drug-likeness (QED) is 0.694. The minimum absolute atomic E-state index is 0.0823. The molecule has 0 saturated carbocycles. The predicted octanol–water partition coefficient (Wildman–Crippen LogP) is 4.99. The fourth-order valence-corrected chi connectivity index (χ4v) is 3.37. The number of nitriles is 1. The minimum Gasteiger partial charge on any atom is -0.326 e. The largest absolute Gasteiger partial charge is 0.326 e. The first-order chi connectivity index (χ1) is 12.0. The van der Waals surface area contributed by atoms with E-state index in [2.05, 4.69) is 23.3 Å². The molecule has 0 aliphatic heterocycles. The lowest BCUT2D eigenvalue weighted by Crippen LogP contribution is -2.13. The molecular weight excluding hydrogens is 354 g/mol. The van der Waals surface area contributed by atoms with Gasteiger partial charge in [-0.3, -0.25) is 4.79 Å². The van der Waals surface area contributed by atoms with Crippen LogP contribution in [-0.2, 0) is 11.2 Å². The molecule has 0 aliphatic rings. The summed E-state index contributed by atoms with van der Waals surface area (Å²) in [6, 6.07) is 11.3. The van der Waals surface area contributed by atoms with Crippen LogP contribution in [0.15, 0.2) is 35.4 Å². The highest BCUT2D eigenvalue weighted by molar-refractivity contribution is 7.99. The lowest BCUT2D eigenvalue weighted by atomic mass is 10.2. The molecule has 0 spiro atoms. The molecule has 130 valence electrons. The maximum Gasteiger partial charge on any atom is 0.225 e. The van der Waals surface area contributed by atoms with Crippen LogP contribution < -0.4 is 5.32 Å². The summed E-state index contributed by atoms with van der Waals surface area (Å²) in [6.45, 7) is 3.96. The summed E-state index contributed by atoms with van der Waals surface area (Å²) >= 11 is 7.50. The number of benzene rings is 1. The van der Waals surface area contributed by atoms with Gasteiger partial charge >= 0.3 is 0 Å². The van der Waals surface area contributed by atoms with Gasteiger partial charge < -0.3 is 5.32 Å². The van der Waals surface area contributed by atoms with Crippen molar-refractivity contribution in [2.45, 2.75) is 38.1 Å². The molecule has 1 amide bonds. The van der Waals surface area contributed by atoms with Gasteiger partial charge in [-0.1, -0.05) is 31.0 Å². The Hall–Kier alpha value is -2.03. The zero-order valence-corrected chi connectivity index (χ0v) is 15.9. The van der Waals surface area contributed by atoms with Crippen molar-refractivity contribution in [3.63, 3.8) is 0 Å². The van der Waals surface area contributed by atoms with E-state index in [1.54, 1.807) is 12.1 Å². The van der Waals surface area contributed by atoms with Crippen LogP contribution in [-0.4, -0.2) is 16.6 Å². The van der Waals surface area contributed by atoms with Crippen molar-refractivity contribution in [1.29, 1.82) is 5.26 Å². The van der Waals surface area contributed by atoms with E-state index in [9.17, 15) is 10.1 Å². The molecule has 25 heavy (non-hydrogen) atoms. The summed E-state index contributed by atoms with van der Waals surface area (Å²) in [4.78, 5) is 16.7. The molecule has 2 rings (SSSR count). The van der Waals surface area contributed by atoms with E-state index in [0.717, 1.165) is 29.8 Å². The van der Waals surface area contributed by atoms with Crippen molar-refractivity contribution in [2.24, 2.45) is 0 Å². The third-order valence-electron chi connectivity index (χ3n) is 3.65. The number of hydrogen-bond acceptors (Lipinski definition) is 4. The Morgan fingerprint density at radius 3 is 2.88 bits per heavy atom. The maximum atomic E-state index is 12.1. The van der Waals surface area contributed by atoms with E-state index in [0.29, 0.717) is 27.8 Å². The smallest absolute Gasteiger partial charge is 0.225 e. The van der Waals surface area contributed by atoms with Crippen molar-refractivity contribution >= 4 is 35.0 Å². The second kappa shape index (κ2) is 9.45. The number of rotatable bonds is 7. The Morgan fingerprint density at radius 1 is 1.36 bits per heavy atom. The first-order valence-corrected chi connectivity index (χ1v) is 9.49. The van der Waals surface area contributed by atoms with Gasteiger partial charge in [0.05, 0.1) is 5.56 Å². The zero-order valence-electron chi connectivity index (χ0n) is 14.3. The van der Waals surface area contributed by atoms with Crippen LogP contribution in [0, 0.1) is 18.3 Å². The zero-order chi connectivity index (χ0) is 18.2. The van der Waals surface area contributed by atoms with E-state index in [1.807, 2.05) is 25.1 Å². The number of carbonyl (C=O) groups is 1. The second-order valence-electron chi connectivity index (χ2n) is 5.58. The van der Waals surface area contributed by atoms with E-state index in [1.165, 1.54) is 11.8 Å². The number of thioether (sulfide) groups is 1. The van der Waals surface area contributed by atoms with Gasteiger partial charge in [0, 0.05) is 28.6 Å². The number of amides is 1. The Morgan fingerprint density at radius 2 is 2.16 bits per heavy atom. The first kappa shape index (κ1) is 19.3. The van der Waals surface area contributed by atoms with E-state index in [4.69, 9.17) is 11.6 Å². The molecule has 1 aromatic heterocycles. The van der Waals surface area contributed by atoms with Crippen molar-refractivity contribution in [2.75, 3.05) is 11.1 Å². The molecule has 0 radical (unpaired) electrons. The summed E-state index contributed by atoms with van der Waals surface area (Å²) in [5.41, 5.74) is 3.10. The van der Waals surface area contributed by atoms with Crippen molar-refractivity contribution < 1.29 is 4.79 Å². The van der Waals surface area contributed by atoms with Crippen LogP contribution in [0.25, 0.3) is 0 Å². The number of aryl methyl sites for hydroxylation is 1. The number of pyridine rings is 1. The third-order valence-corrected chi connectivity index (χ3v) is 5.06. The number of halogens is 1. The molecular formula is C19H20ClN3OS. The van der Waals surface area contributed by atoms with Crippen LogP contribution in [0.5, 0.6) is 0 Å². The van der Waals surface area contributed by atoms with Crippen molar-refractivity contribution in [3.05, 3.63) is 52.2 Å². The SMILES string of the molecule is CCCc1ccc(C#N)c(SCCC(=O)Nc2cccc(Cl)c2C)n1. The number of nitrogens with zero attached hydrogens (tertiary/aromatic N) is 2. The van der Waals surface area contributed by atoms with Gasteiger partial charge in [0.1, 0.15) is 11.1 Å². The lowest BCUT2D eigenvalue weighted by molar-refractivity contribution is -0.115. The molecule has 1 N–H and O–H groups in total. The van der Waals surface area contributed by atoms with Gasteiger partial charge in [-0.2, -0.15) is 5.26 Å². The number of anilines is 1. The molecule has 1 heterocycles. The molecule has 0 atom stereocenters. The Kier molecular flexibility index (Phi) is 7.30. The second-order valence-corrected chi connectivity index (χ2v) is 7.07. The fourth-order valence-electron chi connectivity index (χ4n) is 2.27. The third kappa shape index (κ3) is 5.48. The first-order valence-electron chi connectivity index (χ1n) is 8.13. The molecule has 0 fully saturated rings. The molecule has 1 aromatic carbocycles. The average molecular weight is 374 g/mol. The van der Waals surface area contributed by atoms with Gasteiger partial charge in [-0.15, -0.1) is 11.8 Å². The van der Waals surface area contributed by atoms with Crippen LogP contribution in [0.1, 0.15) is 36.6 Å². The number of nitrogens with one attached hydrogen (secondary N) is 1. The summed E-state index contributed by atoms with van der Waals surface area (Å²) < 4.78 is 0. The minimum atomic E-state index is -0.0823. The number of aromatic nitrogens is 1. The van der Waals surface area contributed by atoms with Crippen molar-refractivity contribution in [1.82, 2.24) is 4.98 Å². The number of hydrogen-bond donors (Lipinski definition) is 1. The lowest BCUT2D eigenvalue weighted by Gasteiger charge is -2.10. The standard InChI is InChI=1S/C19H20ClN3OS/c1-3-5-15-9-8-14(12-21)19(22-15)25-11-10-18(24)23-17-7-4-6-16(20)13(17)2/h4,6-9H,3,5,10-11H2,1-2H3,(H,23,24). The van der Waals surface area contributed by atoms with Gasteiger partial charge in [0.15, 0.2) is 0 Å². The summed E-state index contributed by atoms with van der Waals surface area (Å²) in [6.07, 6.45) is 2.22. The highest BCUT2D eigenvalue weighted by Crippen LogP contribution is 2.24. The summed E-state index contributed by atoms with van der Waals surface area (Å²) in [5, 5.41) is 13.4. The molecule has 0 saturated heterocycles. The van der Waals surface area contributed by atoms with Crippen molar-refractivity contribution in [3.8, 4) is 6.07 Å². The van der Waals surface area contributed by atoms with Crippen LogP contribution in [0.3, 0.4) is 0 Å². The fraction of sp³-hybridized carbons (Fsp3) is 0.316. The monoisotopic (exact) mass is 373 g/mol. The Labute approximate surface area is 157 Å². The molecule has 0 unspecified atom stereocenters. The van der Waals surface area contributed by atoms with Crippen LogP contribution in [0.2, 0.25) is 5.02 Å². The summed E-state index contributed by atoms with van der Waals surface area (Å²) in [5.74, 6) is 0.476. The average Bonchev–Trinajstić information content (AvgIpc) is 2.59. The molecule has 6 heteroatoms. The Bertz CT molecular complexity index is 802. The molecule has 0 aliphatic carbocycles. The van der Waals surface area contributed by atoms with Gasteiger partial charge in [-0.05, 0) is 43.2 Å². The maximum absolute atomic E-state index is 12.1. The van der Waals surface area contributed by atoms with E-state index < -0.39 is 0 Å². The van der Waals surface area contributed by atoms with Crippen LogP contribution >= 0.6 is 23.4 Å². The molecule has 2 aromatic rings. The molecule has 0 bridgehead atoms. The topological polar surface area (TPSA) is 65.8 Å². The van der Waals surface area contributed by atoms with E-state index >= 15 is 0 Å². The van der Waals surface area contributed by atoms with E-state index in [-0.39, 0.29) is 5.91 Å². The summed E-state index contributed by atoms with van der Waals surface area (Å²) in [7, 11) is 0. The molecule has 4 nitrogen and oxygen atoms in total. The number of carbonyl (C=O) groups excluding carboxylic acids is 1. The predicted molar refractivity (Wildman–Crippen MR) is 103 cm³/mol. The highest BCUT2D eigenvalue weighted by atomic mass is 35.5.